The van der Waals surface area contributed by atoms with E-state index in [1.54, 1.807) is 30.3 Å². The third-order valence-electron chi connectivity index (χ3n) is 6.21. The molecule has 0 aliphatic rings. The number of nitrogens with zero attached hydrogens (tertiary/aromatic N) is 1. The van der Waals surface area contributed by atoms with Crippen molar-refractivity contribution in [1.82, 2.24) is 4.98 Å². The lowest BCUT2D eigenvalue weighted by atomic mass is 10.0. The standard InChI is InChI=1S/C32H26FNO5S/c1-20-16-25(13-15-27(20)39-19-30(35)36)38-18-29-34-31(24-12-14-28(37-2)26(33)17-24)32(40-29)23-10-8-22(9-11-23)21-6-4-3-5-7-21/h3-17H,18-19H2,1-2H3,(H,35,36). The van der Waals surface area contributed by atoms with Crippen LogP contribution in [0.3, 0.4) is 0 Å². The summed E-state index contributed by atoms with van der Waals surface area (Å²) in [4.78, 5) is 16.5. The van der Waals surface area contributed by atoms with Gasteiger partial charge in [-0.1, -0.05) is 54.6 Å². The molecule has 1 aromatic heterocycles. The van der Waals surface area contributed by atoms with Gasteiger partial charge in [0.25, 0.3) is 0 Å². The van der Waals surface area contributed by atoms with Gasteiger partial charge in [-0.05, 0) is 65.6 Å². The Morgan fingerprint density at radius 2 is 1.52 bits per heavy atom. The molecule has 0 radical (unpaired) electrons. The minimum absolute atomic E-state index is 0.169. The van der Waals surface area contributed by atoms with Crippen LogP contribution in [-0.4, -0.2) is 29.8 Å². The zero-order chi connectivity index (χ0) is 28.1. The van der Waals surface area contributed by atoms with Crippen LogP contribution in [-0.2, 0) is 11.4 Å². The first kappa shape index (κ1) is 26.9. The Bertz CT molecular complexity index is 1630. The van der Waals surface area contributed by atoms with Crippen molar-refractivity contribution in [2.24, 2.45) is 0 Å². The largest absolute Gasteiger partial charge is 0.494 e. The molecule has 40 heavy (non-hydrogen) atoms. The van der Waals surface area contributed by atoms with E-state index in [2.05, 4.69) is 24.3 Å². The van der Waals surface area contributed by atoms with E-state index < -0.39 is 18.4 Å². The van der Waals surface area contributed by atoms with E-state index in [4.69, 9.17) is 24.3 Å². The number of aliphatic carboxylic acids is 1. The molecule has 0 aliphatic carbocycles. The van der Waals surface area contributed by atoms with Crippen molar-refractivity contribution in [3.05, 3.63) is 107 Å². The number of halogens is 1. The highest BCUT2D eigenvalue weighted by Crippen LogP contribution is 2.39. The maximum absolute atomic E-state index is 14.6. The predicted molar refractivity (Wildman–Crippen MR) is 154 cm³/mol. The molecule has 0 unspecified atom stereocenters. The van der Waals surface area contributed by atoms with Crippen molar-refractivity contribution < 1.29 is 28.5 Å². The van der Waals surface area contributed by atoms with Crippen LogP contribution in [0.5, 0.6) is 17.2 Å². The average Bonchev–Trinajstić information content (AvgIpc) is 3.40. The summed E-state index contributed by atoms with van der Waals surface area (Å²) in [5.74, 6) is -0.254. The highest BCUT2D eigenvalue weighted by atomic mass is 32.1. The molecule has 202 valence electrons. The van der Waals surface area contributed by atoms with Crippen LogP contribution in [0.25, 0.3) is 32.8 Å². The molecule has 5 rings (SSSR count). The number of hydrogen-bond acceptors (Lipinski definition) is 6. The maximum Gasteiger partial charge on any atom is 0.341 e. The number of benzene rings is 4. The molecule has 8 heteroatoms. The minimum Gasteiger partial charge on any atom is -0.494 e. The Hall–Kier alpha value is -4.69. The molecule has 6 nitrogen and oxygen atoms in total. The normalized spacial score (nSPS) is 10.8. The Balaban J connectivity index is 1.43. The second-order valence-electron chi connectivity index (χ2n) is 8.98. The van der Waals surface area contributed by atoms with Gasteiger partial charge in [-0.15, -0.1) is 11.3 Å². The molecular weight excluding hydrogens is 529 g/mol. The van der Waals surface area contributed by atoms with E-state index in [9.17, 15) is 9.18 Å². The molecule has 4 aromatic carbocycles. The summed E-state index contributed by atoms with van der Waals surface area (Å²) in [5, 5.41) is 9.56. The van der Waals surface area contributed by atoms with E-state index >= 15 is 0 Å². The number of aryl methyl sites for hydroxylation is 1. The van der Waals surface area contributed by atoms with Gasteiger partial charge in [0.1, 0.15) is 23.1 Å². The van der Waals surface area contributed by atoms with Gasteiger partial charge in [0.2, 0.25) is 0 Å². The zero-order valence-electron chi connectivity index (χ0n) is 21.9. The van der Waals surface area contributed by atoms with E-state index in [1.165, 1.54) is 24.5 Å². The van der Waals surface area contributed by atoms with Crippen molar-refractivity contribution in [2.75, 3.05) is 13.7 Å². The molecule has 1 heterocycles. The van der Waals surface area contributed by atoms with Gasteiger partial charge >= 0.3 is 5.97 Å². The summed E-state index contributed by atoms with van der Waals surface area (Å²) in [6.45, 7) is 1.61. The van der Waals surface area contributed by atoms with Crippen LogP contribution in [0.2, 0.25) is 0 Å². The molecule has 0 bridgehead atoms. The summed E-state index contributed by atoms with van der Waals surface area (Å²) in [5.41, 5.74) is 5.24. The topological polar surface area (TPSA) is 77.9 Å². The van der Waals surface area contributed by atoms with E-state index in [-0.39, 0.29) is 12.4 Å². The summed E-state index contributed by atoms with van der Waals surface area (Å²) < 4.78 is 31.0. The second kappa shape index (κ2) is 12.0. The maximum atomic E-state index is 14.6. The quantitative estimate of drug-likeness (QED) is 0.191. The summed E-state index contributed by atoms with van der Waals surface area (Å²) in [7, 11) is 1.43. The lowest BCUT2D eigenvalue weighted by Crippen LogP contribution is -2.10. The van der Waals surface area contributed by atoms with Gasteiger partial charge in [0, 0.05) is 5.56 Å². The monoisotopic (exact) mass is 555 g/mol. The van der Waals surface area contributed by atoms with Crippen molar-refractivity contribution in [2.45, 2.75) is 13.5 Å². The Labute approximate surface area is 235 Å². The molecule has 5 aromatic rings. The lowest BCUT2D eigenvalue weighted by molar-refractivity contribution is -0.139. The van der Waals surface area contributed by atoms with Crippen LogP contribution in [0, 0.1) is 12.7 Å². The molecule has 0 aliphatic heterocycles. The van der Waals surface area contributed by atoms with Crippen molar-refractivity contribution >= 4 is 17.3 Å². The molecule has 0 atom stereocenters. The van der Waals surface area contributed by atoms with E-state index in [0.717, 1.165) is 32.1 Å². The van der Waals surface area contributed by atoms with Crippen LogP contribution >= 0.6 is 11.3 Å². The third-order valence-corrected chi connectivity index (χ3v) is 7.29. The third kappa shape index (κ3) is 6.13. The number of rotatable bonds is 10. The number of ether oxygens (including phenoxy) is 3. The van der Waals surface area contributed by atoms with Crippen LogP contribution in [0.15, 0.2) is 91.0 Å². The highest BCUT2D eigenvalue weighted by Gasteiger charge is 2.18. The molecule has 0 amide bonds. The predicted octanol–water partition coefficient (Wildman–Crippen LogP) is 7.64. The fourth-order valence-corrected chi connectivity index (χ4v) is 5.24. The van der Waals surface area contributed by atoms with E-state index in [0.29, 0.717) is 22.8 Å². The van der Waals surface area contributed by atoms with Gasteiger partial charge in [-0.2, -0.15) is 0 Å². The molecule has 0 saturated heterocycles. The van der Waals surface area contributed by atoms with Gasteiger partial charge in [-0.3, -0.25) is 0 Å². The molecule has 0 fully saturated rings. The Morgan fingerprint density at radius 1 is 0.850 bits per heavy atom. The number of carboxylic acid groups (broad SMARTS) is 1. The van der Waals surface area contributed by atoms with Crippen molar-refractivity contribution in [3.8, 4) is 50.1 Å². The Kier molecular flexibility index (Phi) is 8.07. The molecular formula is C32H26FNO5S. The van der Waals surface area contributed by atoms with Gasteiger partial charge < -0.3 is 19.3 Å². The summed E-state index contributed by atoms with van der Waals surface area (Å²) >= 11 is 1.48. The number of methoxy groups -OCH3 is 1. The fourth-order valence-electron chi connectivity index (χ4n) is 4.23. The van der Waals surface area contributed by atoms with Crippen LogP contribution < -0.4 is 14.2 Å². The summed E-state index contributed by atoms with van der Waals surface area (Å²) in [6.07, 6.45) is 0. The first-order valence-electron chi connectivity index (χ1n) is 12.5. The zero-order valence-corrected chi connectivity index (χ0v) is 22.7. The molecule has 0 saturated carbocycles. The van der Waals surface area contributed by atoms with E-state index in [1.807, 2.05) is 37.3 Å². The first-order valence-corrected chi connectivity index (χ1v) is 13.3. The number of thiazole rings is 1. The molecule has 0 spiro atoms. The minimum atomic E-state index is -1.04. The molecule has 1 N–H and O–H groups in total. The number of carboxylic acids is 1. The number of hydrogen-bond donors (Lipinski definition) is 1. The SMILES string of the molecule is COc1ccc(-c2nc(COc3ccc(OCC(=O)O)c(C)c3)sc2-c2ccc(-c3ccccc3)cc2)cc1F. The average molecular weight is 556 g/mol. The van der Waals surface area contributed by atoms with Crippen LogP contribution in [0.1, 0.15) is 10.6 Å². The van der Waals surface area contributed by atoms with Gasteiger partial charge in [-0.25, -0.2) is 14.2 Å². The first-order chi connectivity index (χ1) is 19.4. The number of carbonyl (C=O) groups is 1. The number of aromatic nitrogens is 1. The van der Waals surface area contributed by atoms with Crippen LogP contribution in [0.4, 0.5) is 4.39 Å². The van der Waals surface area contributed by atoms with Crippen molar-refractivity contribution in [1.29, 1.82) is 0 Å². The highest BCUT2D eigenvalue weighted by molar-refractivity contribution is 7.15. The summed E-state index contributed by atoms with van der Waals surface area (Å²) in [6, 6.07) is 28.4. The fraction of sp³-hybridized carbons (Fsp3) is 0.125. The Morgan fingerprint density at radius 3 is 2.20 bits per heavy atom. The lowest BCUT2D eigenvalue weighted by Gasteiger charge is -2.09. The smallest absolute Gasteiger partial charge is 0.341 e. The van der Waals surface area contributed by atoms with Gasteiger partial charge in [0.15, 0.2) is 18.2 Å². The second-order valence-corrected chi connectivity index (χ2v) is 10.1. The van der Waals surface area contributed by atoms with Crippen molar-refractivity contribution in [3.63, 3.8) is 0 Å². The van der Waals surface area contributed by atoms with Gasteiger partial charge in [0.05, 0.1) is 17.7 Å².